The quantitative estimate of drug-likeness (QED) is 0.362. The second kappa shape index (κ2) is 10.4. The molecule has 3 rings (SSSR count). The molecular weight excluding hydrogens is 506 g/mol. The van der Waals surface area contributed by atoms with Crippen molar-refractivity contribution in [3.63, 3.8) is 0 Å². The van der Waals surface area contributed by atoms with E-state index in [-0.39, 0.29) is 27.4 Å². The molecule has 10 heteroatoms. The highest BCUT2D eigenvalue weighted by Gasteiger charge is 2.14. The zero-order chi connectivity index (χ0) is 22.5. The maximum Gasteiger partial charge on any atom is 0.262 e. The van der Waals surface area contributed by atoms with Gasteiger partial charge in [0.05, 0.1) is 31.5 Å². The first-order valence-electron chi connectivity index (χ1n) is 8.67. The van der Waals surface area contributed by atoms with Gasteiger partial charge in [0.15, 0.2) is 6.61 Å². The highest BCUT2D eigenvalue weighted by molar-refractivity contribution is 6.44. The molecule has 3 aromatic rings. The van der Waals surface area contributed by atoms with Crippen LogP contribution in [0.4, 0.5) is 11.4 Å². The summed E-state index contributed by atoms with van der Waals surface area (Å²) in [6, 6.07) is 14.0. The van der Waals surface area contributed by atoms with Gasteiger partial charge in [0.1, 0.15) is 5.75 Å². The molecule has 0 radical (unpaired) electrons. The van der Waals surface area contributed by atoms with Crippen molar-refractivity contribution in [2.75, 3.05) is 17.2 Å². The van der Waals surface area contributed by atoms with Crippen LogP contribution in [0.5, 0.6) is 5.75 Å². The Hall–Kier alpha value is -2.15. The summed E-state index contributed by atoms with van der Waals surface area (Å²) in [5.74, 6) is -0.449. The number of carbonyl (C=O) groups is 2. The maximum atomic E-state index is 12.5. The fraction of sp³-hybridized carbons (Fsp3) is 0.0476. The fourth-order valence-electron chi connectivity index (χ4n) is 2.49. The Morgan fingerprint density at radius 2 is 1.45 bits per heavy atom. The van der Waals surface area contributed by atoms with Gasteiger partial charge in [-0.1, -0.05) is 64.1 Å². The Morgan fingerprint density at radius 1 is 0.806 bits per heavy atom. The lowest BCUT2D eigenvalue weighted by molar-refractivity contribution is -0.118. The van der Waals surface area contributed by atoms with Crippen LogP contribution in [0.15, 0.2) is 54.6 Å². The maximum absolute atomic E-state index is 12.5. The normalized spacial score (nSPS) is 10.5. The number of carbonyl (C=O) groups excluding carboxylic acids is 2. The summed E-state index contributed by atoms with van der Waals surface area (Å²) in [4.78, 5) is 24.5. The molecule has 0 heterocycles. The van der Waals surface area contributed by atoms with Crippen molar-refractivity contribution in [1.29, 1.82) is 0 Å². The van der Waals surface area contributed by atoms with Gasteiger partial charge in [-0.05, 0) is 48.5 Å². The van der Waals surface area contributed by atoms with E-state index >= 15 is 0 Å². The minimum absolute atomic E-state index is 0.219. The molecule has 2 amide bonds. The van der Waals surface area contributed by atoms with E-state index < -0.39 is 11.8 Å². The van der Waals surface area contributed by atoms with Crippen molar-refractivity contribution >= 4 is 81.2 Å². The largest absolute Gasteiger partial charge is 0.484 e. The number of hydrogen-bond donors (Lipinski definition) is 2. The first-order chi connectivity index (χ1) is 14.7. The van der Waals surface area contributed by atoms with E-state index in [2.05, 4.69) is 10.6 Å². The highest BCUT2D eigenvalue weighted by atomic mass is 35.5. The average Bonchev–Trinajstić information content (AvgIpc) is 2.72. The zero-order valence-electron chi connectivity index (χ0n) is 15.5. The number of rotatable bonds is 6. The molecule has 0 aliphatic rings. The van der Waals surface area contributed by atoms with Crippen LogP contribution in [-0.2, 0) is 4.79 Å². The van der Waals surface area contributed by atoms with Crippen molar-refractivity contribution in [3.05, 3.63) is 85.3 Å². The van der Waals surface area contributed by atoms with Gasteiger partial charge in [0.25, 0.3) is 11.8 Å². The zero-order valence-corrected chi connectivity index (χ0v) is 19.3. The third-order valence-corrected chi connectivity index (χ3v) is 5.59. The third-order valence-electron chi connectivity index (χ3n) is 3.96. The second-order valence-electron chi connectivity index (χ2n) is 6.16. The molecule has 0 aliphatic heterocycles. The molecule has 0 aromatic heterocycles. The van der Waals surface area contributed by atoms with Crippen LogP contribution in [0.3, 0.4) is 0 Å². The van der Waals surface area contributed by atoms with E-state index in [0.717, 1.165) is 0 Å². The number of halogens is 5. The first-order valence-corrected chi connectivity index (χ1v) is 10.6. The summed E-state index contributed by atoms with van der Waals surface area (Å²) in [5.41, 5.74) is 0.980. The molecule has 0 fully saturated rings. The molecule has 0 spiro atoms. The minimum atomic E-state index is -0.425. The first kappa shape index (κ1) is 23.5. The monoisotopic (exact) mass is 516 g/mol. The van der Waals surface area contributed by atoms with Crippen molar-refractivity contribution in [1.82, 2.24) is 0 Å². The molecule has 0 aliphatic carbocycles. The van der Waals surface area contributed by atoms with Crippen LogP contribution >= 0.6 is 58.0 Å². The predicted octanol–water partition coefficient (Wildman–Crippen LogP) is 7.22. The van der Waals surface area contributed by atoms with Crippen molar-refractivity contribution in [2.24, 2.45) is 0 Å². The second-order valence-corrected chi connectivity index (χ2v) is 8.20. The summed E-state index contributed by atoms with van der Waals surface area (Å²) in [6.07, 6.45) is 0. The van der Waals surface area contributed by atoms with E-state index in [9.17, 15) is 9.59 Å². The van der Waals surface area contributed by atoms with Crippen molar-refractivity contribution in [2.45, 2.75) is 0 Å². The number of hydrogen-bond acceptors (Lipinski definition) is 3. The number of nitrogens with one attached hydrogen (secondary N) is 2. The molecule has 0 unspecified atom stereocenters. The van der Waals surface area contributed by atoms with Crippen LogP contribution in [0, 0.1) is 0 Å². The van der Waals surface area contributed by atoms with E-state index in [1.54, 1.807) is 30.3 Å². The molecule has 5 nitrogen and oxygen atoms in total. The van der Waals surface area contributed by atoms with Crippen molar-refractivity contribution < 1.29 is 14.3 Å². The molecule has 0 bridgehead atoms. The lowest BCUT2D eigenvalue weighted by Gasteiger charge is -2.11. The Balaban J connectivity index is 1.58. The van der Waals surface area contributed by atoms with Crippen molar-refractivity contribution in [3.8, 4) is 5.75 Å². The smallest absolute Gasteiger partial charge is 0.262 e. The summed E-state index contributed by atoms with van der Waals surface area (Å²) >= 11 is 30.0. The van der Waals surface area contributed by atoms with E-state index in [0.29, 0.717) is 27.0 Å². The standard InChI is InChI=1S/C21H13Cl5N2O3/c22-12-8-15(24)20(16(25)9-12)28-21(30)11-4-6-13(7-5-11)31-10-18(29)27-17-3-1-2-14(23)19(17)26/h1-9H,10H2,(H,27,29)(H,28,30). The number of anilines is 2. The molecule has 160 valence electrons. The number of amides is 2. The lowest BCUT2D eigenvalue weighted by Crippen LogP contribution is -2.20. The molecule has 0 saturated heterocycles. The van der Waals surface area contributed by atoms with Gasteiger partial charge in [-0.15, -0.1) is 0 Å². The topological polar surface area (TPSA) is 67.4 Å². The predicted molar refractivity (Wildman–Crippen MR) is 126 cm³/mol. The summed E-state index contributed by atoms with van der Waals surface area (Å²) < 4.78 is 5.44. The average molecular weight is 519 g/mol. The summed E-state index contributed by atoms with van der Waals surface area (Å²) in [6.45, 7) is -0.260. The number of benzene rings is 3. The Labute approximate surface area is 203 Å². The lowest BCUT2D eigenvalue weighted by atomic mass is 10.2. The van der Waals surface area contributed by atoms with Crippen LogP contribution in [0.2, 0.25) is 25.1 Å². The minimum Gasteiger partial charge on any atom is -0.484 e. The highest BCUT2D eigenvalue weighted by Crippen LogP contribution is 2.34. The summed E-state index contributed by atoms with van der Waals surface area (Å²) in [7, 11) is 0. The molecular formula is C21H13Cl5N2O3. The SMILES string of the molecule is O=C(COc1ccc(C(=O)Nc2c(Cl)cc(Cl)cc2Cl)cc1)Nc1cccc(Cl)c1Cl. The van der Waals surface area contributed by atoms with Crippen LogP contribution < -0.4 is 15.4 Å². The molecule has 0 saturated carbocycles. The molecule has 3 aromatic carbocycles. The molecule has 31 heavy (non-hydrogen) atoms. The third kappa shape index (κ3) is 6.19. The molecule has 2 N–H and O–H groups in total. The fourth-order valence-corrected chi connectivity index (χ4v) is 3.74. The Bertz CT molecular complexity index is 1110. The van der Waals surface area contributed by atoms with Gasteiger partial charge in [-0.2, -0.15) is 0 Å². The van der Waals surface area contributed by atoms with E-state index in [4.69, 9.17) is 62.7 Å². The van der Waals surface area contributed by atoms with E-state index in [1.807, 2.05) is 0 Å². The van der Waals surface area contributed by atoms with Crippen LogP contribution in [-0.4, -0.2) is 18.4 Å². The van der Waals surface area contributed by atoms with Gasteiger partial charge < -0.3 is 15.4 Å². The Kier molecular flexibility index (Phi) is 7.92. The Morgan fingerprint density at radius 3 is 2.10 bits per heavy atom. The van der Waals surface area contributed by atoms with Gasteiger partial charge in [0, 0.05) is 10.6 Å². The number of ether oxygens (including phenoxy) is 1. The van der Waals surface area contributed by atoms with Gasteiger partial charge in [-0.25, -0.2) is 0 Å². The summed E-state index contributed by atoms with van der Waals surface area (Å²) in [5, 5.41) is 6.62. The van der Waals surface area contributed by atoms with Gasteiger partial charge in [0.2, 0.25) is 0 Å². The van der Waals surface area contributed by atoms with E-state index in [1.165, 1.54) is 24.3 Å². The van der Waals surface area contributed by atoms with Crippen LogP contribution in [0.1, 0.15) is 10.4 Å². The van der Waals surface area contributed by atoms with Gasteiger partial charge >= 0.3 is 0 Å². The van der Waals surface area contributed by atoms with Gasteiger partial charge in [-0.3, -0.25) is 9.59 Å². The van der Waals surface area contributed by atoms with Crippen LogP contribution in [0.25, 0.3) is 0 Å². The molecule has 0 atom stereocenters.